The third-order valence-electron chi connectivity index (χ3n) is 5.44. The maximum atomic E-state index is 13.1. The lowest BCUT2D eigenvalue weighted by atomic mass is 10.0. The van der Waals surface area contributed by atoms with Gasteiger partial charge < -0.3 is 20.3 Å². The van der Waals surface area contributed by atoms with E-state index < -0.39 is 12.1 Å². The molecule has 0 aliphatic carbocycles. The van der Waals surface area contributed by atoms with E-state index in [-0.39, 0.29) is 5.91 Å². The van der Waals surface area contributed by atoms with Gasteiger partial charge in [0.1, 0.15) is 11.8 Å². The highest BCUT2D eigenvalue weighted by Crippen LogP contribution is 2.31. The van der Waals surface area contributed by atoms with Gasteiger partial charge in [-0.25, -0.2) is 4.79 Å². The van der Waals surface area contributed by atoms with Gasteiger partial charge in [0, 0.05) is 28.5 Å². The molecule has 3 amide bonds. The molecule has 32 heavy (non-hydrogen) atoms. The highest BCUT2D eigenvalue weighted by Gasteiger charge is 2.30. The zero-order valence-corrected chi connectivity index (χ0v) is 18.4. The van der Waals surface area contributed by atoms with Gasteiger partial charge in [-0.3, -0.25) is 4.79 Å². The second-order valence-corrected chi connectivity index (χ2v) is 7.97. The second kappa shape index (κ2) is 9.75. The number of carbonyl (C=O) groups excluding carboxylic acids is 2. The van der Waals surface area contributed by atoms with Crippen molar-refractivity contribution in [2.45, 2.75) is 18.9 Å². The predicted octanol–water partition coefficient (Wildman–Crippen LogP) is 5.33. The van der Waals surface area contributed by atoms with E-state index in [4.69, 9.17) is 16.3 Å². The Hall–Kier alpha value is -3.51. The van der Waals surface area contributed by atoms with Crippen LogP contribution in [0, 0.1) is 0 Å². The first-order valence-electron chi connectivity index (χ1n) is 10.4. The summed E-state index contributed by atoms with van der Waals surface area (Å²) in [4.78, 5) is 27.2. The van der Waals surface area contributed by atoms with Gasteiger partial charge in [-0.15, -0.1) is 0 Å². The smallest absolute Gasteiger partial charge is 0.319 e. The van der Waals surface area contributed by atoms with Crippen LogP contribution < -0.4 is 20.3 Å². The minimum atomic E-state index is -0.579. The molecule has 1 fully saturated rings. The van der Waals surface area contributed by atoms with E-state index in [1.54, 1.807) is 36.3 Å². The van der Waals surface area contributed by atoms with E-state index >= 15 is 0 Å². The summed E-state index contributed by atoms with van der Waals surface area (Å²) in [6, 6.07) is 21.4. The summed E-state index contributed by atoms with van der Waals surface area (Å²) >= 11 is 5.87. The molecule has 0 saturated carbocycles. The van der Waals surface area contributed by atoms with Crippen LogP contribution in [0.3, 0.4) is 0 Å². The zero-order valence-electron chi connectivity index (χ0n) is 17.7. The molecule has 1 aliphatic heterocycles. The fourth-order valence-electron chi connectivity index (χ4n) is 3.83. The number of amides is 3. The molecule has 7 heteroatoms. The van der Waals surface area contributed by atoms with Crippen molar-refractivity contribution >= 4 is 34.9 Å². The third-order valence-corrected chi connectivity index (χ3v) is 5.69. The minimum Gasteiger partial charge on any atom is -0.496 e. The number of hydrogen-bond donors (Lipinski definition) is 2. The molecule has 1 saturated heterocycles. The molecule has 3 aromatic carbocycles. The van der Waals surface area contributed by atoms with Gasteiger partial charge in [0.2, 0.25) is 5.91 Å². The lowest BCUT2D eigenvalue weighted by molar-refractivity contribution is -0.121. The van der Waals surface area contributed by atoms with Crippen molar-refractivity contribution in [3.63, 3.8) is 0 Å². The van der Waals surface area contributed by atoms with Crippen LogP contribution in [0.4, 0.5) is 16.2 Å². The maximum absolute atomic E-state index is 13.1. The normalized spacial score (nSPS) is 15.9. The number of rotatable bonds is 5. The van der Waals surface area contributed by atoms with E-state index in [0.717, 1.165) is 29.0 Å². The van der Waals surface area contributed by atoms with Crippen molar-refractivity contribution in [2.24, 2.45) is 0 Å². The first-order valence-corrected chi connectivity index (χ1v) is 10.8. The highest BCUT2D eigenvalue weighted by molar-refractivity contribution is 6.30. The SMILES string of the molecule is COc1ccccc1-c1ccc(N2CCC[C@@H](NC(=O)Nc3ccc(Cl)cc3)C2=O)cc1. The lowest BCUT2D eigenvalue weighted by Gasteiger charge is -2.32. The Morgan fingerprint density at radius 1 is 1.03 bits per heavy atom. The molecule has 1 atom stereocenters. The van der Waals surface area contributed by atoms with Gasteiger partial charge in [0.05, 0.1) is 7.11 Å². The van der Waals surface area contributed by atoms with E-state index in [0.29, 0.717) is 23.7 Å². The fraction of sp³-hybridized carbons (Fsp3) is 0.200. The van der Waals surface area contributed by atoms with Crippen LogP contribution in [0.25, 0.3) is 11.1 Å². The van der Waals surface area contributed by atoms with Crippen molar-refractivity contribution in [3.05, 3.63) is 77.8 Å². The number of benzene rings is 3. The number of carbonyl (C=O) groups is 2. The molecule has 164 valence electrons. The zero-order chi connectivity index (χ0) is 22.5. The van der Waals surface area contributed by atoms with Crippen LogP contribution in [-0.4, -0.2) is 31.6 Å². The summed E-state index contributed by atoms with van der Waals surface area (Å²) in [6.45, 7) is 0.615. The predicted molar refractivity (Wildman–Crippen MR) is 127 cm³/mol. The molecule has 1 heterocycles. The quantitative estimate of drug-likeness (QED) is 0.552. The summed E-state index contributed by atoms with van der Waals surface area (Å²) in [5.41, 5.74) is 3.41. The standard InChI is InChI=1S/C25H24ClN3O3/c1-32-23-7-3-2-5-21(23)17-8-14-20(15-9-17)29-16-4-6-22(24(29)30)28-25(31)27-19-12-10-18(26)11-13-19/h2-3,5,7-15,22H,4,6,16H2,1H3,(H2,27,28,31)/t22-/m1/s1. The molecule has 0 unspecified atom stereocenters. The summed E-state index contributed by atoms with van der Waals surface area (Å²) in [6.07, 6.45) is 1.40. The molecule has 0 bridgehead atoms. The average molecular weight is 450 g/mol. The maximum Gasteiger partial charge on any atom is 0.319 e. The van der Waals surface area contributed by atoms with Gasteiger partial charge in [-0.1, -0.05) is 41.9 Å². The first kappa shape index (κ1) is 21.7. The Labute approximate surface area is 192 Å². The summed E-state index contributed by atoms with van der Waals surface area (Å²) in [5, 5.41) is 6.12. The third kappa shape index (κ3) is 4.86. The van der Waals surface area contributed by atoms with Crippen LogP contribution in [0.15, 0.2) is 72.8 Å². The Bertz CT molecular complexity index is 1100. The van der Waals surface area contributed by atoms with E-state index in [1.807, 2.05) is 48.5 Å². The molecular formula is C25H24ClN3O3. The molecule has 0 spiro atoms. The molecule has 1 aliphatic rings. The van der Waals surface area contributed by atoms with Crippen LogP contribution in [0.5, 0.6) is 5.75 Å². The first-order chi connectivity index (χ1) is 15.5. The molecule has 3 aromatic rings. The summed E-state index contributed by atoms with van der Waals surface area (Å²) < 4.78 is 5.45. The number of nitrogens with one attached hydrogen (secondary N) is 2. The molecule has 6 nitrogen and oxygen atoms in total. The van der Waals surface area contributed by atoms with E-state index in [1.165, 1.54) is 0 Å². The van der Waals surface area contributed by atoms with Crippen molar-refractivity contribution in [1.82, 2.24) is 5.32 Å². The van der Waals surface area contributed by atoms with Gasteiger partial charge in [-0.2, -0.15) is 0 Å². The topological polar surface area (TPSA) is 70.7 Å². The Kier molecular flexibility index (Phi) is 6.61. The molecule has 2 N–H and O–H groups in total. The number of anilines is 2. The summed E-state index contributed by atoms with van der Waals surface area (Å²) in [5.74, 6) is 0.679. The highest BCUT2D eigenvalue weighted by atomic mass is 35.5. The Morgan fingerprint density at radius 2 is 1.75 bits per heavy atom. The monoisotopic (exact) mass is 449 g/mol. The van der Waals surface area contributed by atoms with Crippen LogP contribution >= 0.6 is 11.6 Å². The molecular weight excluding hydrogens is 426 g/mol. The minimum absolute atomic E-state index is 0.118. The Balaban J connectivity index is 1.43. The van der Waals surface area contributed by atoms with Crippen molar-refractivity contribution in [3.8, 4) is 16.9 Å². The number of urea groups is 1. The van der Waals surface area contributed by atoms with Crippen molar-refractivity contribution in [1.29, 1.82) is 0 Å². The van der Waals surface area contributed by atoms with E-state index in [9.17, 15) is 9.59 Å². The van der Waals surface area contributed by atoms with Gasteiger partial charge in [-0.05, 0) is 60.9 Å². The van der Waals surface area contributed by atoms with Gasteiger partial charge >= 0.3 is 6.03 Å². The number of nitrogens with zero attached hydrogens (tertiary/aromatic N) is 1. The number of piperidine rings is 1. The molecule has 4 rings (SSSR count). The number of ether oxygens (including phenoxy) is 1. The fourth-order valence-corrected chi connectivity index (χ4v) is 3.95. The average Bonchev–Trinajstić information content (AvgIpc) is 2.82. The van der Waals surface area contributed by atoms with Crippen LogP contribution in [0.1, 0.15) is 12.8 Å². The van der Waals surface area contributed by atoms with E-state index in [2.05, 4.69) is 10.6 Å². The molecule has 0 radical (unpaired) electrons. The van der Waals surface area contributed by atoms with Crippen molar-refractivity contribution < 1.29 is 14.3 Å². The second-order valence-electron chi connectivity index (χ2n) is 7.54. The lowest BCUT2D eigenvalue weighted by Crippen LogP contribution is -2.53. The van der Waals surface area contributed by atoms with Crippen molar-refractivity contribution in [2.75, 3.05) is 23.9 Å². The van der Waals surface area contributed by atoms with Crippen LogP contribution in [0.2, 0.25) is 5.02 Å². The number of hydrogen-bond acceptors (Lipinski definition) is 3. The number of para-hydroxylation sites is 1. The largest absolute Gasteiger partial charge is 0.496 e. The Morgan fingerprint density at radius 3 is 2.47 bits per heavy atom. The number of halogens is 1. The summed E-state index contributed by atoms with van der Waals surface area (Å²) in [7, 11) is 1.65. The van der Waals surface area contributed by atoms with Gasteiger partial charge in [0.25, 0.3) is 0 Å². The number of methoxy groups -OCH3 is 1. The van der Waals surface area contributed by atoms with Crippen LogP contribution in [-0.2, 0) is 4.79 Å². The molecule has 0 aromatic heterocycles. The van der Waals surface area contributed by atoms with Gasteiger partial charge in [0.15, 0.2) is 0 Å².